The zero-order chi connectivity index (χ0) is 47.6. The highest BCUT2D eigenvalue weighted by Crippen LogP contribution is 2.49. The number of hydrogen-bond acceptors (Lipinski definition) is 2. The van der Waals surface area contributed by atoms with E-state index in [0.29, 0.717) is 17.9 Å². The molecule has 1 N–H and O–H groups in total. The fraction of sp³-hybridized carbons (Fsp3) is 0.246. The van der Waals surface area contributed by atoms with Crippen LogP contribution in [0.15, 0.2) is 192 Å². The SMILES string of the molecule is CC(C)=C/C=C1/C=C(c2c3ccccc3c(C3=CC4=CC=C(c5c6c(c(C7=CC=C(C8Nc9ccccc9N8C8C=CC=CC8)CC7)c7ccccc57)=CCCC=6)CC4CC3)c3ccccc23)CC[C@H]1C. The molecule has 0 fully saturated rings. The summed E-state index contributed by atoms with van der Waals surface area (Å²) in [7, 11) is 0. The third-order valence-electron chi connectivity index (χ3n) is 16.9. The molecule has 0 bridgehead atoms. The predicted molar refractivity (Wildman–Crippen MR) is 306 cm³/mol. The Hall–Kier alpha value is -7.16. The van der Waals surface area contributed by atoms with E-state index in [1.54, 1.807) is 0 Å². The van der Waals surface area contributed by atoms with Crippen molar-refractivity contribution in [2.75, 3.05) is 10.2 Å². The van der Waals surface area contributed by atoms with Crippen molar-refractivity contribution in [2.45, 2.75) is 97.2 Å². The Morgan fingerprint density at radius 1 is 0.592 bits per heavy atom. The second-order valence-corrected chi connectivity index (χ2v) is 21.5. The van der Waals surface area contributed by atoms with Crippen LogP contribution in [0.4, 0.5) is 11.4 Å². The number of benzene rings is 6. The van der Waals surface area contributed by atoms with Gasteiger partial charge in [-0.2, -0.15) is 0 Å². The molecule has 6 aromatic rings. The van der Waals surface area contributed by atoms with Crippen molar-refractivity contribution in [3.8, 4) is 0 Å². The number of para-hydroxylation sites is 2. The summed E-state index contributed by atoms with van der Waals surface area (Å²) in [6.07, 6.45) is 44.9. The van der Waals surface area contributed by atoms with Crippen LogP contribution in [0.5, 0.6) is 0 Å². The van der Waals surface area contributed by atoms with Crippen LogP contribution in [0.1, 0.15) is 107 Å². The van der Waals surface area contributed by atoms with Crippen molar-refractivity contribution >= 4 is 78.1 Å². The average Bonchev–Trinajstić information content (AvgIpc) is 3.81. The van der Waals surface area contributed by atoms with Crippen LogP contribution >= 0.6 is 0 Å². The molecular weight excluding hydrogens is 857 g/mol. The maximum atomic E-state index is 3.94. The van der Waals surface area contributed by atoms with Crippen molar-refractivity contribution in [1.82, 2.24) is 0 Å². The third-order valence-corrected chi connectivity index (χ3v) is 16.9. The lowest BCUT2D eigenvalue weighted by atomic mass is 9.73. The summed E-state index contributed by atoms with van der Waals surface area (Å²) < 4.78 is 0. The number of hydrogen-bond donors (Lipinski definition) is 1. The second kappa shape index (κ2) is 18.2. The topological polar surface area (TPSA) is 15.3 Å². The molecule has 350 valence electrons. The smallest absolute Gasteiger partial charge is 0.122 e. The maximum Gasteiger partial charge on any atom is 0.122 e. The largest absolute Gasteiger partial charge is 0.360 e. The van der Waals surface area contributed by atoms with E-state index in [-0.39, 0.29) is 6.17 Å². The molecule has 0 radical (unpaired) electrons. The molecule has 0 aromatic heterocycles. The van der Waals surface area contributed by atoms with Gasteiger partial charge in [0.2, 0.25) is 0 Å². The fourth-order valence-corrected chi connectivity index (χ4v) is 13.4. The van der Waals surface area contributed by atoms with Gasteiger partial charge in [0.05, 0.1) is 17.4 Å². The summed E-state index contributed by atoms with van der Waals surface area (Å²) in [6, 6.07) is 37.1. The Bertz CT molecular complexity index is 3620. The van der Waals surface area contributed by atoms with E-state index in [1.807, 2.05) is 0 Å². The van der Waals surface area contributed by atoms with Gasteiger partial charge in [0.1, 0.15) is 6.17 Å². The number of nitrogens with one attached hydrogen (secondary N) is 1. The first-order chi connectivity index (χ1) is 35.0. The van der Waals surface area contributed by atoms with Crippen molar-refractivity contribution in [2.24, 2.45) is 11.8 Å². The first-order valence-electron chi connectivity index (χ1n) is 26.7. The van der Waals surface area contributed by atoms with Gasteiger partial charge in [-0.1, -0.05) is 182 Å². The number of fused-ring (bicyclic) bond motifs is 6. The van der Waals surface area contributed by atoms with E-state index in [2.05, 4.69) is 213 Å². The minimum atomic E-state index is 0.151. The van der Waals surface area contributed by atoms with Gasteiger partial charge < -0.3 is 10.2 Å². The molecule has 3 unspecified atom stereocenters. The molecule has 1 heterocycles. The lowest BCUT2D eigenvalue weighted by Gasteiger charge is -2.36. The van der Waals surface area contributed by atoms with Crippen molar-refractivity contribution < 1.29 is 0 Å². The number of rotatable bonds is 7. The van der Waals surface area contributed by atoms with Gasteiger partial charge in [0.15, 0.2) is 0 Å². The number of nitrogens with zero attached hydrogens (tertiary/aromatic N) is 1. The molecule has 2 nitrogen and oxygen atoms in total. The lowest BCUT2D eigenvalue weighted by Crippen LogP contribution is -2.44. The van der Waals surface area contributed by atoms with Gasteiger partial charge >= 0.3 is 0 Å². The van der Waals surface area contributed by atoms with Gasteiger partial charge in [-0.3, -0.25) is 0 Å². The Kier molecular flexibility index (Phi) is 11.2. The molecule has 1 aliphatic heterocycles. The van der Waals surface area contributed by atoms with Gasteiger partial charge in [-0.25, -0.2) is 0 Å². The van der Waals surface area contributed by atoms with Crippen LogP contribution in [0.3, 0.4) is 0 Å². The summed E-state index contributed by atoms with van der Waals surface area (Å²) in [5.74, 6) is 1.06. The molecule has 6 aliphatic carbocycles. The molecule has 0 amide bonds. The first-order valence-corrected chi connectivity index (χ1v) is 26.7. The number of allylic oxidation sites excluding steroid dienone is 17. The average molecular weight is 921 g/mol. The van der Waals surface area contributed by atoms with Gasteiger partial charge in [-0.05, 0) is 206 Å². The van der Waals surface area contributed by atoms with Crippen molar-refractivity contribution in [3.63, 3.8) is 0 Å². The molecule has 13 rings (SSSR count). The fourth-order valence-electron chi connectivity index (χ4n) is 13.4. The predicted octanol–water partition coefficient (Wildman–Crippen LogP) is 16.7. The monoisotopic (exact) mass is 921 g/mol. The van der Waals surface area contributed by atoms with E-state index in [4.69, 9.17) is 0 Å². The molecular formula is C69H64N2. The normalized spacial score (nSPS) is 23.0. The molecule has 0 spiro atoms. The highest BCUT2D eigenvalue weighted by molar-refractivity contribution is 6.16. The Morgan fingerprint density at radius 2 is 1.20 bits per heavy atom. The van der Waals surface area contributed by atoms with Gasteiger partial charge in [0.25, 0.3) is 0 Å². The zero-order valence-corrected chi connectivity index (χ0v) is 41.6. The van der Waals surface area contributed by atoms with Crippen LogP contribution < -0.4 is 20.7 Å². The van der Waals surface area contributed by atoms with Crippen LogP contribution in [0.25, 0.3) is 66.8 Å². The van der Waals surface area contributed by atoms with Crippen molar-refractivity contribution in [1.29, 1.82) is 0 Å². The Morgan fingerprint density at radius 3 is 1.83 bits per heavy atom. The van der Waals surface area contributed by atoms with Crippen LogP contribution in [0, 0.1) is 11.8 Å². The second-order valence-electron chi connectivity index (χ2n) is 21.5. The molecule has 0 saturated heterocycles. The molecule has 6 aromatic carbocycles. The van der Waals surface area contributed by atoms with Crippen LogP contribution in [-0.4, -0.2) is 12.2 Å². The molecule has 0 saturated carbocycles. The summed E-state index contributed by atoms with van der Waals surface area (Å²) in [6.45, 7) is 6.77. The lowest BCUT2D eigenvalue weighted by molar-refractivity contribution is 0.579. The molecule has 2 heteroatoms. The highest BCUT2D eigenvalue weighted by Gasteiger charge is 2.36. The van der Waals surface area contributed by atoms with E-state index in [9.17, 15) is 0 Å². The van der Waals surface area contributed by atoms with E-state index in [1.165, 1.54) is 127 Å². The standard InChI is InChI=1S/C69H64N2/c1-44(2)29-31-48-41-51(32-30-45(48)3)66-59-23-11-13-25-61(59)68(62-26-14-12-24-60(62)66)53-40-38-49-42-52(39-37-50(49)43-53)67-57-21-9-7-19-55(57)65(56-20-8-10-22-58(56)67)46-33-35-47(36-34-46)69-70-63-27-15-16-28-64(63)71(69)54-17-5-4-6-18-54/h4-7,9,11-17,19-29,31,33,35,37,39,41,43,45,49,54,69-70H,8,10,18,30,32,34,36,38,40,42H2,1-3H3/b48-31-/t45-,49?,54?,69?/m1/s1. The van der Waals surface area contributed by atoms with E-state index >= 15 is 0 Å². The molecule has 7 aliphatic rings. The summed E-state index contributed by atoms with van der Waals surface area (Å²) in [5, 5.41) is 15.2. The Labute approximate surface area is 420 Å². The minimum absolute atomic E-state index is 0.151. The Balaban J connectivity index is 0.874. The zero-order valence-electron chi connectivity index (χ0n) is 41.6. The summed E-state index contributed by atoms with van der Waals surface area (Å²) in [5.41, 5.74) is 20.0. The highest BCUT2D eigenvalue weighted by atomic mass is 15.3. The maximum absolute atomic E-state index is 3.94. The molecule has 71 heavy (non-hydrogen) atoms. The minimum Gasteiger partial charge on any atom is -0.360 e. The van der Waals surface area contributed by atoms with Crippen LogP contribution in [0.2, 0.25) is 0 Å². The van der Waals surface area contributed by atoms with E-state index < -0.39 is 0 Å². The van der Waals surface area contributed by atoms with Gasteiger partial charge in [-0.15, -0.1) is 0 Å². The summed E-state index contributed by atoms with van der Waals surface area (Å²) >= 11 is 0. The first kappa shape index (κ1) is 43.8. The van der Waals surface area contributed by atoms with Gasteiger partial charge in [0, 0.05) is 0 Å². The third kappa shape index (κ3) is 7.70. The molecule has 4 atom stereocenters. The number of anilines is 2. The quantitative estimate of drug-likeness (QED) is 0.161. The summed E-state index contributed by atoms with van der Waals surface area (Å²) in [4.78, 5) is 2.62. The van der Waals surface area contributed by atoms with E-state index in [0.717, 1.165) is 57.8 Å². The van der Waals surface area contributed by atoms with Crippen LogP contribution in [-0.2, 0) is 0 Å². The van der Waals surface area contributed by atoms with Crippen molar-refractivity contribution in [3.05, 3.63) is 225 Å².